The first kappa shape index (κ1) is 17.5. The van der Waals surface area contributed by atoms with Gasteiger partial charge < -0.3 is 15.2 Å². The van der Waals surface area contributed by atoms with Crippen molar-refractivity contribution in [1.82, 2.24) is 20.2 Å². The number of hydrogen-bond acceptors (Lipinski definition) is 3. The first-order valence-electron chi connectivity index (χ1n) is 8.24. The molecule has 126 valence electrons. The van der Waals surface area contributed by atoms with Crippen molar-refractivity contribution in [2.24, 2.45) is 10.9 Å². The lowest BCUT2D eigenvalue weighted by molar-refractivity contribution is 0.644. The molecule has 0 saturated carbocycles. The first-order valence-corrected chi connectivity index (χ1v) is 9.05. The molecule has 0 aromatic carbocycles. The lowest BCUT2D eigenvalue weighted by Crippen LogP contribution is -2.38. The van der Waals surface area contributed by atoms with E-state index in [-0.39, 0.29) is 0 Å². The van der Waals surface area contributed by atoms with Gasteiger partial charge in [0.15, 0.2) is 5.96 Å². The third-order valence-corrected chi connectivity index (χ3v) is 4.25. The molecule has 0 radical (unpaired) electrons. The highest BCUT2D eigenvalue weighted by Crippen LogP contribution is 2.17. The van der Waals surface area contributed by atoms with Crippen LogP contribution in [0.15, 0.2) is 35.7 Å². The maximum absolute atomic E-state index is 4.65. The minimum Gasteiger partial charge on any atom is -0.357 e. The smallest absolute Gasteiger partial charge is 0.191 e. The molecular formula is C17H27N5S. The fourth-order valence-corrected chi connectivity index (χ4v) is 3.25. The zero-order chi connectivity index (χ0) is 16.5. The Bertz CT molecular complexity index is 586. The van der Waals surface area contributed by atoms with E-state index in [1.165, 1.54) is 9.88 Å². The predicted octanol–water partition coefficient (Wildman–Crippen LogP) is 2.90. The Morgan fingerprint density at radius 1 is 1.30 bits per heavy atom. The van der Waals surface area contributed by atoms with Crippen LogP contribution < -0.4 is 10.6 Å². The molecule has 5 nitrogen and oxygen atoms in total. The van der Waals surface area contributed by atoms with Crippen molar-refractivity contribution in [1.29, 1.82) is 0 Å². The summed E-state index contributed by atoms with van der Waals surface area (Å²) in [6, 6.07) is 4.08. The van der Waals surface area contributed by atoms with Gasteiger partial charge in [-0.05, 0) is 25.0 Å². The average Bonchev–Trinajstić information content (AvgIpc) is 3.16. The average molecular weight is 334 g/mol. The predicted molar refractivity (Wildman–Crippen MR) is 97.9 cm³/mol. The van der Waals surface area contributed by atoms with Crippen LogP contribution in [0.25, 0.3) is 0 Å². The van der Waals surface area contributed by atoms with E-state index in [1.54, 1.807) is 11.3 Å². The summed E-state index contributed by atoms with van der Waals surface area (Å²) in [5.41, 5.74) is 0. The number of hydrogen-bond donors (Lipinski definition) is 2. The van der Waals surface area contributed by atoms with Crippen molar-refractivity contribution in [2.75, 3.05) is 13.1 Å². The number of nitrogens with one attached hydrogen (secondary N) is 2. The van der Waals surface area contributed by atoms with Crippen molar-refractivity contribution in [3.05, 3.63) is 40.6 Å². The van der Waals surface area contributed by atoms with E-state index in [0.717, 1.165) is 32.0 Å². The third-order valence-electron chi connectivity index (χ3n) is 3.25. The van der Waals surface area contributed by atoms with Crippen molar-refractivity contribution in [3.63, 3.8) is 0 Å². The fraction of sp³-hybridized carbons (Fsp3) is 0.529. The van der Waals surface area contributed by atoms with E-state index in [1.807, 2.05) is 18.3 Å². The molecule has 6 heteroatoms. The zero-order valence-corrected chi connectivity index (χ0v) is 15.1. The van der Waals surface area contributed by atoms with Crippen LogP contribution in [-0.2, 0) is 19.5 Å². The lowest BCUT2D eigenvalue weighted by atomic mass is 10.1. The molecule has 2 rings (SSSR count). The van der Waals surface area contributed by atoms with Gasteiger partial charge in [-0.25, -0.2) is 9.98 Å². The number of aromatic nitrogens is 2. The second kappa shape index (κ2) is 9.35. The number of guanidine groups is 1. The van der Waals surface area contributed by atoms with E-state index in [9.17, 15) is 0 Å². The van der Waals surface area contributed by atoms with Crippen LogP contribution >= 0.6 is 11.3 Å². The van der Waals surface area contributed by atoms with Crippen LogP contribution in [0.4, 0.5) is 0 Å². The van der Waals surface area contributed by atoms with Gasteiger partial charge in [-0.15, -0.1) is 11.3 Å². The van der Waals surface area contributed by atoms with Gasteiger partial charge >= 0.3 is 0 Å². The highest BCUT2D eigenvalue weighted by atomic mass is 32.1. The Labute approximate surface area is 142 Å². The van der Waals surface area contributed by atoms with Gasteiger partial charge in [-0.2, -0.15) is 0 Å². The van der Waals surface area contributed by atoms with Crippen molar-refractivity contribution in [2.45, 2.75) is 40.3 Å². The summed E-state index contributed by atoms with van der Waals surface area (Å²) in [4.78, 5) is 10.3. The molecule has 2 aromatic rings. The maximum atomic E-state index is 4.65. The Morgan fingerprint density at radius 3 is 2.78 bits per heavy atom. The van der Waals surface area contributed by atoms with Crippen LogP contribution in [-0.4, -0.2) is 28.6 Å². The standard InChI is InChI=1S/C17H27N5S/c1-4-18-17(19-7-10-22-8-5-6-9-22)21-13-15-12-20-16(23-15)11-14(2)3/h5-6,8-9,12,14H,4,7,10-11,13H2,1-3H3,(H2,18,19,21). The van der Waals surface area contributed by atoms with Gasteiger partial charge in [0.05, 0.1) is 11.6 Å². The molecule has 0 bridgehead atoms. The van der Waals surface area contributed by atoms with Gasteiger partial charge in [0.25, 0.3) is 0 Å². The summed E-state index contributed by atoms with van der Waals surface area (Å²) in [7, 11) is 0. The molecule has 2 heterocycles. The van der Waals surface area contributed by atoms with Crippen molar-refractivity contribution >= 4 is 17.3 Å². The van der Waals surface area contributed by atoms with E-state index in [4.69, 9.17) is 0 Å². The largest absolute Gasteiger partial charge is 0.357 e. The maximum Gasteiger partial charge on any atom is 0.191 e. The summed E-state index contributed by atoms with van der Waals surface area (Å²) < 4.78 is 2.15. The highest BCUT2D eigenvalue weighted by Gasteiger charge is 2.04. The molecule has 2 N–H and O–H groups in total. The summed E-state index contributed by atoms with van der Waals surface area (Å²) in [6.07, 6.45) is 7.14. The van der Waals surface area contributed by atoms with Crippen LogP contribution in [0, 0.1) is 5.92 Å². The minimum absolute atomic E-state index is 0.644. The summed E-state index contributed by atoms with van der Waals surface area (Å²) in [6.45, 7) is 9.83. The molecule has 2 aromatic heterocycles. The number of aliphatic imine (C=N–C) groups is 1. The van der Waals surface area contributed by atoms with Crippen molar-refractivity contribution < 1.29 is 0 Å². The van der Waals surface area contributed by atoms with Gasteiger partial charge in [0, 0.05) is 49.5 Å². The topological polar surface area (TPSA) is 54.2 Å². The van der Waals surface area contributed by atoms with Crippen LogP contribution in [0.3, 0.4) is 0 Å². The van der Waals surface area contributed by atoms with Gasteiger partial charge in [-0.3, -0.25) is 0 Å². The zero-order valence-electron chi connectivity index (χ0n) is 14.2. The molecule has 23 heavy (non-hydrogen) atoms. The van der Waals surface area contributed by atoms with Gasteiger partial charge in [0.1, 0.15) is 0 Å². The van der Waals surface area contributed by atoms with Crippen LogP contribution in [0.5, 0.6) is 0 Å². The highest BCUT2D eigenvalue weighted by molar-refractivity contribution is 7.11. The quantitative estimate of drug-likeness (QED) is 0.577. The Morgan fingerprint density at radius 2 is 2.09 bits per heavy atom. The summed E-state index contributed by atoms with van der Waals surface area (Å²) in [5, 5.41) is 7.86. The number of nitrogens with zero attached hydrogens (tertiary/aromatic N) is 3. The van der Waals surface area contributed by atoms with Crippen LogP contribution in [0.1, 0.15) is 30.7 Å². The SMILES string of the molecule is CCNC(=NCc1cnc(CC(C)C)s1)NCCn1cccc1. The second-order valence-electron chi connectivity index (χ2n) is 5.86. The van der Waals surface area contributed by atoms with Gasteiger partial charge in [0.2, 0.25) is 0 Å². The molecule has 0 saturated heterocycles. The van der Waals surface area contributed by atoms with Gasteiger partial charge in [-0.1, -0.05) is 13.8 Å². The first-order chi connectivity index (χ1) is 11.2. The third kappa shape index (κ3) is 6.44. The Kier molecular flexibility index (Phi) is 7.13. The Hall–Kier alpha value is -1.82. The summed E-state index contributed by atoms with van der Waals surface area (Å²) >= 11 is 1.77. The van der Waals surface area contributed by atoms with E-state index in [0.29, 0.717) is 12.5 Å². The molecule has 0 unspecified atom stereocenters. The minimum atomic E-state index is 0.644. The molecule has 0 atom stereocenters. The number of thiazole rings is 1. The monoisotopic (exact) mass is 333 g/mol. The normalized spacial score (nSPS) is 11.9. The van der Waals surface area contributed by atoms with E-state index >= 15 is 0 Å². The Balaban J connectivity index is 1.83. The molecule has 0 amide bonds. The number of rotatable bonds is 8. The molecule has 0 spiro atoms. The van der Waals surface area contributed by atoms with Crippen molar-refractivity contribution in [3.8, 4) is 0 Å². The second-order valence-corrected chi connectivity index (χ2v) is 7.06. The molecular weight excluding hydrogens is 306 g/mol. The van der Waals surface area contributed by atoms with Crippen LogP contribution in [0.2, 0.25) is 0 Å². The summed E-state index contributed by atoms with van der Waals surface area (Å²) in [5.74, 6) is 1.50. The van der Waals surface area contributed by atoms with E-state index in [2.05, 4.69) is 58.3 Å². The molecule has 0 aliphatic carbocycles. The fourth-order valence-electron chi connectivity index (χ4n) is 2.19. The van der Waals surface area contributed by atoms with E-state index < -0.39 is 0 Å². The lowest BCUT2D eigenvalue weighted by Gasteiger charge is -2.11. The molecule has 0 aliphatic rings. The molecule has 0 fully saturated rings. The molecule has 0 aliphatic heterocycles.